The van der Waals surface area contributed by atoms with Crippen molar-refractivity contribution in [2.45, 2.75) is 32.7 Å². The molecule has 0 aliphatic carbocycles. The molecule has 0 saturated carbocycles. The van der Waals surface area contributed by atoms with Gasteiger partial charge in [0, 0.05) is 0 Å². The number of nitrogens with zero attached hydrogens (tertiary/aromatic N) is 3. The van der Waals surface area contributed by atoms with Crippen molar-refractivity contribution in [1.29, 1.82) is 0 Å². The number of hydrogen-bond donors (Lipinski definition) is 1. The molecule has 0 saturated heterocycles. The molecule has 0 spiro atoms. The van der Waals surface area contributed by atoms with Crippen molar-refractivity contribution in [3.05, 3.63) is 18.2 Å². The molecule has 1 heterocycles. The molecule has 14 heavy (non-hydrogen) atoms. The van der Waals surface area contributed by atoms with Gasteiger partial charge in [-0.05, 0) is 12.8 Å². The predicted molar refractivity (Wildman–Crippen MR) is 54.5 cm³/mol. The van der Waals surface area contributed by atoms with E-state index in [0.29, 0.717) is 0 Å². The Morgan fingerprint density at radius 3 is 3.00 bits per heavy atom. The summed E-state index contributed by atoms with van der Waals surface area (Å²) in [5, 5.41) is 11.6. The van der Waals surface area contributed by atoms with Gasteiger partial charge in [0.1, 0.15) is 12.4 Å². The van der Waals surface area contributed by atoms with E-state index in [2.05, 4.69) is 16.6 Å². The van der Waals surface area contributed by atoms with Crippen LogP contribution in [-0.4, -0.2) is 16.0 Å². The van der Waals surface area contributed by atoms with Crippen molar-refractivity contribution in [2.75, 3.05) is 0 Å². The summed E-state index contributed by atoms with van der Waals surface area (Å²) in [5.41, 5.74) is 0. The lowest BCUT2D eigenvalue weighted by Gasteiger charge is -1.97. The fourth-order valence-electron chi connectivity index (χ4n) is 1.47. The Hall–Kier alpha value is -1.32. The molecule has 0 aliphatic rings. The first kappa shape index (κ1) is 10.8. The molecule has 0 radical (unpaired) electrons. The van der Waals surface area contributed by atoms with Gasteiger partial charge in [-0.25, -0.2) is 9.13 Å². The van der Waals surface area contributed by atoms with Gasteiger partial charge in [0.2, 0.25) is 0 Å². The second kappa shape index (κ2) is 5.42. The highest BCUT2D eigenvalue weighted by Crippen LogP contribution is 2.00. The van der Waals surface area contributed by atoms with Gasteiger partial charge < -0.3 is 5.21 Å². The number of imidazole rings is 1. The molecule has 0 aliphatic heterocycles. The van der Waals surface area contributed by atoms with Crippen LogP contribution in [0.3, 0.4) is 0 Å². The third-order valence-electron chi connectivity index (χ3n) is 2.30. The summed E-state index contributed by atoms with van der Waals surface area (Å²) in [5.74, 6) is 0.920. The lowest BCUT2D eigenvalue weighted by atomic mass is 10.2. The molecule has 4 heteroatoms. The summed E-state index contributed by atoms with van der Waals surface area (Å²) in [6.07, 6.45) is 9.05. The quantitative estimate of drug-likeness (QED) is 0.249. The van der Waals surface area contributed by atoms with E-state index in [4.69, 9.17) is 5.21 Å². The van der Waals surface area contributed by atoms with Gasteiger partial charge in [-0.2, -0.15) is 0 Å². The Morgan fingerprint density at radius 1 is 1.57 bits per heavy atom. The SMILES string of the molecule is CCCCCn1cc[n+](C)c1/C=N/O. The second-order valence-corrected chi connectivity index (χ2v) is 3.41. The van der Waals surface area contributed by atoms with E-state index in [0.717, 1.165) is 18.8 Å². The fourth-order valence-corrected chi connectivity index (χ4v) is 1.47. The lowest BCUT2D eigenvalue weighted by Crippen LogP contribution is -2.32. The van der Waals surface area contributed by atoms with E-state index in [-0.39, 0.29) is 0 Å². The summed E-state index contributed by atoms with van der Waals surface area (Å²) in [6.45, 7) is 3.17. The Morgan fingerprint density at radius 2 is 2.36 bits per heavy atom. The minimum atomic E-state index is 0.920. The highest BCUT2D eigenvalue weighted by molar-refractivity contribution is 5.72. The van der Waals surface area contributed by atoms with Gasteiger partial charge in [-0.1, -0.05) is 18.5 Å². The maximum atomic E-state index is 8.50. The molecule has 0 bridgehead atoms. The van der Waals surface area contributed by atoms with E-state index >= 15 is 0 Å². The third kappa shape index (κ3) is 2.58. The number of rotatable bonds is 5. The zero-order chi connectivity index (χ0) is 10.4. The Kier molecular flexibility index (Phi) is 4.16. The van der Waals surface area contributed by atoms with Crippen LogP contribution in [-0.2, 0) is 13.6 Å². The summed E-state index contributed by atoms with van der Waals surface area (Å²) in [6, 6.07) is 0. The maximum Gasteiger partial charge on any atom is 0.303 e. The second-order valence-electron chi connectivity index (χ2n) is 3.41. The monoisotopic (exact) mass is 196 g/mol. The molecular formula is C10H18N3O+. The molecule has 1 rings (SSSR count). The number of aromatic nitrogens is 2. The zero-order valence-corrected chi connectivity index (χ0v) is 8.85. The average Bonchev–Trinajstić information content (AvgIpc) is 2.51. The normalized spacial score (nSPS) is 11.3. The molecular weight excluding hydrogens is 178 g/mol. The Balaban J connectivity index is 2.66. The Labute approximate surface area is 84.5 Å². The van der Waals surface area contributed by atoms with Crippen molar-refractivity contribution in [2.24, 2.45) is 12.2 Å². The molecule has 1 aromatic rings. The smallest absolute Gasteiger partial charge is 0.303 e. The first-order valence-corrected chi connectivity index (χ1v) is 5.01. The van der Waals surface area contributed by atoms with Crippen molar-refractivity contribution in [1.82, 2.24) is 4.57 Å². The van der Waals surface area contributed by atoms with Gasteiger partial charge in [-0.3, -0.25) is 0 Å². The predicted octanol–water partition coefficient (Wildman–Crippen LogP) is 1.31. The number of hydrogen-bond acceptors (Lipinski definition) is 2. The van der Waals surface area contributed by atoms with Gasteiger partial charge in [-0.15, -0.1) is 0 Å². The van der Waals surface area contributed by atoms with Gasteiger partial charge in [0.15, 0.2) is 6.21 Å². The van der Waals surface area contributed by atoms with Crippen molar-refractivity contribution in [3.8, 4) is 0 Å². The first-order chi connectivity index (χ1) is 6.79. The van der Waals surface area contributed by atoms with E-state index in [1.165, 1.54) is 19.1 Å². The van der Waals surface area contributed by atoms with E-state index in [1.807, 2.05) is 24.0 Å². The van der Waals surface area contributed by atoms with Crippen LogP contribution in [0.4, 0.5) is 0 Å². The topological polar surface area (TPSA) is 41.4 Å². The molecule has 0 unspecified atom stereocenters. The summed E-state index contributed by atoms with van der Waals surface area (Å²) in [7, 11) is 1.94. The van der Waals surface area contributed by atoms with Crippen LogP contribution in [0.25, 0.3) is 0 Å². The van der Waals surface area contributed by atoms with Crippen LogP contribution in [0.1, 0.15) is 32.0 Å². The van der Waals surface area contributed by atoms with Crippen LogP contribution in [0.2, 0.25) is 0 Å². The molecule has 0 amide bonds. The van der Waals surface area contributed by atoms with E-state index in [9.17, 15) is 0 Å². The molecule has 0 fully saturated rings. The molecule has 0 aromatic carbocycles. The number of unbranched alkanes of at least 4 members (excludes halogenated alkanes) is 2. The fraction of sp³-hybridized carbons (Fsp3) is 0.600. The average molecular weight is 196 g/mol. The van der Waals surface area contributed by atoms with Crippen molar-refractivity contribution < 1.29 is 9.77 Å². The minimum absolute atomic E-state index is 0.920. The van der Waals surface area contributed by atoms with Crippen molar-refractivity contribution in [3.63, 3.8) is 0 Å². The van der Waals surface area contributed by atoms with E-state index < -0.39 is 0 Å². The van der Waals surface area contributed by atoms with Crippen LogP contribution in [0.15, 0.2) is 17.5 Å². The summed E-state index contributed by atoms with van der Waals surface area (Å²) in [4.78, 5) is 0. The zero-order valence-electron chi connectivity index (χ0n) is 8.85. The Bertz CT molecular complexity index is 304. The van der Waals surface area contributed by atoms with Gasteiger partial charge in [0.05, 0.1) is 13.6 Å². The minimum Gasteiger partial charge on any atom is -0.411 e. The molecule has 0 atom stereocenters. The van der Waals surface area contributed by atoms with Crippen molar-refractivity contribution >= 4 is 6.21 Å². The molecule has 1 aromatic heterocycles. The van der Waals surface area contributed by atoms with Crippen LogP contribution in [0.5, 0.6) is 0 Å². The van der Waals surface area contributed by atoms with Gasteiger partial charge in [0.25, 0.3) is 0 Å². The largest absolute Gasteiger partial charge is 0.411 e. The summed E-state index contributed by atoms with van der Waals surface area (Å²) < 4.78 is 4.03. The van der Waals surface area contributed by atoms with Gasteiger partial charge >= 0.3 is 5.82 Å². The molecule has 78 valence electrons. The highest BCUT2D eigenvalue weighted by atomic mass is 16.4. The lowest BCUT2D eigenvalue weighted by molar-refractivity contribution is -0.671. The molecule has 1 N–H and O–H groups in total. The van der Waals surface area contributed by atoms with Crippen LogP contribution in [0, 0.1) is 0 Å². The van der Waals surface area contributed by atoms with E-state index in [1.54, 1.807) is 0 Å². The van der Waals surface area contributed by atoms with Crippen LogP contribution >= 0.6 is 0 Å². The number of aryl methyl sites for hydroxylation is 2. The first-order valence-electron chi connectivity index (χ1n) is 5.01. The van der Waals surface area contributed by atoms with Crippen LogP contribution < -0.4 is 4.57 Å². The summed E-state index contributed by atoms with van der Waals surface area (Å²) >= 11 is 0. The standard InChI is InChI=1S/C10H17N3O/c1-3-4-5-6-13-8-7-12(2)10(13)9-11-14/h7-9H,3-6H2,1-2H3/p+1. The third-order valence-corrected chi connectivity index (χ3v) is 2.30. The number of oxime groups is 1. The molecule has 4 nitrogen and oxygen atoms in total. The highest BCUT2D eigenvalue weighted by Gasteiger charge is 2.11. The maximum absolute atomic E-state index is 8.50.